The third-order valence-electron chi connectivity index (χ3n) is 5.42. The normalized spacial score (nSPS) is 15.0. The third-order valence-corrected chi connectivity index (χ3v) is 8.88. The Balaban J connectivity index is 1.44. The molecule has 4 rings (SSSR count). The molecule has 0 radical (unpaired) electrons. The molecule has 7 nitrogen and oxygen atoms in total. The molecular formula is C22H23Cl2N3O4S2. The van der Waals surface area contributed by atoms with E-state index in [0.717, 1.165) is 16.4 Å². The summed E-state index contributed by atoms with van der Waals surface area (Å²) in [6.45, 7) is 1.78. The molecule has 1 saturated heterocycles. The fourth-order valence-electron chi connectivity index (χ4n) is 3.63. The van der Waals surface area contributed by atoms with Gasteiger partial charge >= 0.3 is 0 Å². The van der Waals surface area contributed by atoms with Gasteiger partial charge in [-0.15, -0.1) is 11.3 Å². The van der Waals surface area contributed by atoms with Crippen molar-refractivity contribution in [2.75, 3.05) is 45.3 Å². The SMILES string of the molecule is COc1ccc(OC)c(S(=O)(=O)N2CCN(c3nc(Cc4ccc(Cl)cc4Cl)cs3)CC2)c1. The van der Waals surface area contributed by atoms with Gasteiger partial charge in [-0.3, -0.25) is 0 Å². The van der Waals surface area contributed by atoms with Crippen LogP contribution in [0.25, 0.3) is 0 Å². The van der Waals surface area contributed by atoms with E-state index < -0.39 is 10.0 Å². The second-order valence-corrected chi connectivity index (χ2v) is 11.0. The van der Waals surface area contributed by atoms with Crippen molar-refractivity contribution in [2.45, 2.75) is 11.3 Å². The van der Waals surface area contributed by atoms with Gasteiger partial charge in [0.25, 0.3) is 0 Å². The summed E-state index contributed by atoms with van der Waals surface area (Å²) >= 11 is 13.8. The second kappa shape index (κ2) is 10.1. The Morgan fingerprint density at radius 1 is 1.03 bits per heavy atom. The first-order valence-electron chi connectivity index (χ1n) is 10.2. The van der Waals surface area contributed by atoms with Crippen LogP contribution in [0.3, 0.4) is 0 Å². The van der Waals surface area contributed by atoms with E-state index in [9.17, 15) is 8.42 Å². The van der Waals surface area contributed by atoms with Crippen LogP contribution in [-0.4, -0.2) is 58.1 Å². The summed E-state index contributed by atoms with van der Waals surface area (Å²) in [7, 11) is -0.773. The molecule has 1 fully saturated rings. The standard InChI is InChI=1S/C22H23Cl2N3O4S2/c1-30-18-5-6-20(31-2)21(13-18)33(28,29)27-9-7-26(8-10-27)22-25-17(14-32-22)11-15-3-4-16(23)12-19(15)24/h3-6,12-14H,7-11H2,1-2H3. The first-order valence-corrected chi connectivity index (χ1v) is 13.2. The van der Waals surface area contributed by atoms with Gasteiger partial charge in [-0.2, -0.15) is 4.31 Å². The number of hydrogen-bond acceptors (Lipinski definition) is 7. The van der Waals surface area contributed by atoms with Gasteiger partial charge in [-0.1, -0.05) is 29.3 Å². The molecule has 176 valence electrons. The molecule has 1 aliphatic rings. The maximum absolute atomic E-state index is 13.3. The number of halogens is 2. The van der Waals surface area contributed by atoms with Crippen molar-refractivity contribution in [1.82, 2.24) is 9.29 Å². The second-order valence-electron chi connectivity index (χ2n) is 7.44. The quantitative estimate of drug-likeness (QED) is 0.448. The zero-order chi connectivity index (χ0) is 23.6. The first kappa shape index (κ1) is 24.1. The Bertz CT molecular complexity index is 1240. The number of thiazole rings is 1. The molecule has 0 unspecified atom stereocenters. The van der Waals surface area contributed by atoms with E-state index >= 15 is 0 Å². The Labute approximate surface area is 207 Å². The fourth-order valence-corrected chi connectivity index (χ4v) is 6.57. The van der Waals surface area contributed by atoms with Crippen LogP contribution >= 0.6 is 34.5 Å². The molecule has 0 atom stereocenters. The molecule has 2 aromatic carbocycles. The highest BCUT2D eigenvalue weighted by molar-refractivity contribution is 7.89. The average Bonchev–Trinajstić information content (AvgIpc) is 3.29. The number of methoxy groups -OCH3 is 2. The predicted octanol–water partition coefficient (Wildman–Crippen LogP) is 4.57. The summed E-state index contributed by atoms with van der Waals surface area (Å²) in [6, 6.07) is 10.2. The lowest BCUT2D eigenvalue weighted by atomic mass is 10.1. The zero-order valence-electron chi connectivity index (χ0n) is 18.1. The number of aromatic nitrogens is 1. The number of benzene rings is 2. The molecule has 0 bridgehead atoms. The van der Waals surface area contributed by atoms with Crippen LogP contribution in [0.2, 0.25) is 10.0 Å². The van der Waals surface area contributed by atoms with E-state index in [0.29, 0.717) is 54.1 Å². The number of hydrogen-bond donors (Lipinski definition) is 0. The van der Waals surface area contributed by atoms with Gasteiger partial charge in [0.05, 0.1) is 19.9 Å². The van der Waals surface area contributed by atoms with Crippen molar-refractivity contribution in [2.24, 2.45) is 0 Å². The number of ether oxygens (including phenoxy) is 2. The number of sulfonamides is 1. The lowest BCUT2D eigenvalue weighted by Crippen LogP contribution is -2.48. The van der Waals surface area contributed by atoms with Gasteiger partial charge in [0.1, 0.15) is 16.4 Å². The third kappa shape index (κ3) is 5.22. The van der Waals surface area contributed by atoms with Gasteiger partial charge in [0, 0.05) is 54.1 Å². The number of rotatable bonds is 7. The lowest BCUT2D eigenvalue weighted by molar-refractivity contribution is 0.370. The highest BCUT2D eigenvalue weighted by atomic mass is 35.5. The van der Waals surface area contributed by atoms with Crippen LogP contribution < -0.4 is 14.4 Å². The molecule has 11 heteroatoms. The minimum absolute atomic E-state index is 0.106. The van der Waals surface area contributed by atoms with E-state index in [2.05, 4.69) is 4.90 Å². The first-order chi connectivity index (χ1) is 15.8. The monoisotopic (exact) mass is 527 g/mol. The van der Waals surface area contributed by atoms with Crippen molar-refractivity contribution in [3.63, 3.8) is 0 Å². The predicted molar refractivity (Wildman–Crippen MR) is 132 cm³/mol. The molecule has 3 aromatic rings. The van der Waals surface area contributed by atoms with E-state index in [1.165, 1.54) is 24.6 Å². The minimum Gasteiger partial charge on any atom is -0.497 e. The summed E-state index contributed by atoms with van der Waals surface area (Å²) in [4.78, 5) is 6.95. The lowest BCUT2D eigenvalue weighted by Gasteiger charge is -2.34. The molecular weight excluding hydrogens is 505 g/mol. The van der Waals surface area contributed by atoms with E-state index in [4.69, 9.17) is 37.7 Å². The van der Waals surface area contributed by atoms with Crippen LogP contribution in [0.5, 0.6) is 11.5 Å². The molecule has 0 saturated carbocycles. The summed E-state index contributed by atoms with van der Waals surface area (Å²) in [5.41, 5.74) is 1.87. The summed E-state index contributed by atoms with van der Waals surface area (Å²) in [6.07, 6.45) is 0.608. The maximum atomic E-state index is 13.3. The Kier molecular flexibility index (Phi) is 7.35. The van der Waals surface area contributed by atoms with Gasteiger partial charge in [0.15, 0.2) is 5.13 Å². The molecule has 1 aliphatic heterocycles. The zero-order valence-corrected chi connectivity index (χ0v) is 21.3. The van der Waals surface area contributed by atoms with Crippen LogP contribution in [0, 0.1) is 0 Å². The number of anilines is 1. The van der Waals surface area contributed by atoms with Crippen LogP contribution in [0.15, 0.2) is 46.7 Å². The summed E-state index contributed by atoms with van der Waals surface area (Å²) < 4.78 is 38.5. The highest BCUT2D eigenvalue weighted by Crippen LogP contribution is 2.32. The van der Waals surface area contributed by atoms with E-state index in [-0.39, 0.29) is 4.90 Å². The molecule has 0 amide bonds. The van der Waals surface area contributed by atoms with Gasteiger partial charge in [-0.25, -0.2) is 13.4 Å². The van der Waals surface area contributed by atoms with Crippen molar-refractivity contribution in [3.05, 3.63) is 63.1 Å². The summed E-state index contributed by atoms with van der Waals surface area (Å²) in [5.74, 6) is 0.757. The number of piperazine rings is 1. The number of nitrogens with zero attached hydrogens (tertiary/aromatic N) is 3. The Morgan fingerprint density at radius 2 is 1.79 bits per heavy atom. The summed E-state index contributed by atoms with van der Waals surface area (Å²) in [5, 5.41) is 4.09. The Hall–Kier alpha value is -2.04. The molecule has 1 aromatic heterocycles. The van der Waals surface area contributed by atoms with Crippen LogP contribution in [0.1, 0.15) is 11.3 Å². The van der Waals surface area contributed by atoms with Crippen LogP contribution in [-0.2, 0) is 16.4 Å². The van der Waals surface area contributed by atoms with Crippen molar-refractivity contribution >= 4 is 49.7 Å². The van der Waals surface area contributed by atoms with E-state index in [1.54, 1.807) is 29.5 Å². The maximum Gasteiger partial charge on any atom is 0.247 e. The van der Waals surface area contributed by atoms with E-state index in [1.807, 2.05) is 17.5 Å². The highest BCUT2D eigenvalue weighted by Gasteiger charge is 2.32. The van der Waals surface area contributed by atoms with Crippen molar-refractivity contribution < 1.29 is 17.9 Å². The van der Waals surface area contributed by atoms with Crippen LogP contribution in [0.4, 0.5) is 5.13 Å². The van der Waals surface area contributed by atoms with Crippen molar-refractivity contribution in [1.29, 1.82) is 0 Å². The molecule has 0 N–H and O–H groups in total. The largest absolute Gasteiger partial charge is 0.497 e. The van der Waals surface area contributed by atoms with Gasteiger partial charge in [0.2, 0.25) is 10.0 Å². The topological polar surface area (TPSA) is 72.0 Å². The molecule has 2 heterocycles. The Morgan fingerprint density at radius 3 is 2.45 bits per heavy atom. The van der Waals surface area contributed by atoms with Gasteiger partial charge in [-0.05, 0) is 29.8 Å². The smallest absolute Gasteiger partial charge is 0.247 e. The minimum atomic E-state index is -3.73. The molecule has 0 aliphatic carbocycles. The van der Waals surface area contributed by atoms with Crippen molar-refractivity contribution in [3.8, 4) is 11.5 Å². The van der Waals surface area contributed by atoms with Gasteiger partial charge < -0.3 is 14.4 Å². The molecule has 0 spiro atoms. The average molecular weight is 528 g/mol. The molecule has 33 heavy (non-hydrogen) atoms. The fraction of sp³-hybridized carbons (Fsp3) is 0.318.